The largest absolute Gasteiger partial charge is 0.360 e. The van der Waals surface area contributed by atoms with Gasteiger partial charge < -0.3 is 4.52 Å². The van der Waals surface area contributed by atoms with E-state index < -0.39 is 0 Å². The summed E-state index contributed by atoms with van der Waals surface area (Å²) in [7, 11) is 0. The predicted molar refractivity (Wildman–Crippen MR) is 33.3 cm³/mol. The molecule has 2 rings (SSSR count). The summed E-state index contributed by atoms with van der Waals surface area (Å²) in [6, 6.07) is 1.66. The molecule has 1 saturated carbocycles. The van der Waals surface area contributed by atoms with Gasteiger partial charge in [-0.1, -0.05) is 5.16 Å². The third-order valence-corrected chi connectivity index (χ3v) is 1.61. The van der Waals surface area contributed by atoms with Crippen molar-refractivity contribution in [2.24, 2.45) is 0 Å². The van der Waals surface area contributed by atoms with E-state index in [0.717, 1.165) is 18.6 Å². The average molecular weight is 136 g/mol. The predicted octanol–water partition coefficient (Wildman–Crippen LogP) is 1.01. The highest BCUT2D eigenvalue weighted by Crippen LogP contribution is 2.39. The van der Waals surface area contributed by atoms with E-state index in [-0.39, 0.29) is 5.69 Å². The molecule has 0 bridgehead atoms. The molecule has 0 aliphatic heterocycles. The first kappa shape index (κ1) is 5.65. The Kier molecular flexibility index (Phi) is 1.09. The zero-order valence-electron chi connectivity index (χ0n) is 5.33. The van der Waals surface area contributed by atoms with E-state index >= 15 is 0 Å². The molecule has 1 aromatic heterocycles. The lowest BCUT2D eigenvalue weighted by atomic mass is 10.3. The van der Waals surface area contributed by atoms with Crippen molar-refractivity contribution in [3.05, 3.63) is 17.5 Å². The van der Waals surface area contributed by atoms with E-state index in [1.165, 1.54) is 0 Å². The van der Waals surface area contributed by atoms with E-state index in [2.05, 4.69) is 5.16 Å². The Morgan fingerprint density at radius 2 is 2.50 bits per heavy atom. The summed E-state index contributed by atoms with van der Waals surface area (Å²) in [6.45, 7) is 0. The van der Waals surface area contributed by atoms with Crippen LogP contribution < -0.4 is 0 Å². The van der Waals surface area contributed by atoms with Gasteiger partial charge in [0, 0.05) is 12.0 Å². The maximum Gasteiger partial charge on any atom is 0.257 e. The topological polar surface area (TPSA) is 43.1 Å². The van der Waals surface area contributed by atoms with Crippen LogP contribution in [0.15, 0.2) is 10.6 Å². The lowest BCUT2D eigenvalue weighted by molar-refractivity contribution is 0.382. The smallest absolute Gasteiger partial charge is 0.257 e. The Balaban J connectivity index is 2.26. The average Bonchev–Trinajstić information content (AvgIpc) is 2.70. The molecule has 10 heavy (non-hydrogen) atoms. The van der Waals surface area contributed by atoms with Crippen LogP contribution in [-0.2, 0) is 4.79 Å². The molecule has 1 radical (unpaired) electrons. The molecule has 3 nitrogen and oxygen atoms in total. The maximum absolute atomic E-state index is 10.0. The SMILES string of the molecule is O=[C]c1cc(C2CC2)on1. The molecule has 0 aromatic carbocycles. The summed E-state index contributed by atoms with van der Waals surface area (Å²) < 4.78 is 4.87. The van der Waals surface area contributed by atoms with Gasteiger partial charge in [0.25, 0.3) is 6.29 Å². The highest BCUT2D eigenvalue weighted by Gasteiger charge is 2.27. The Hall–Kier alpha value is -1.12. The minimum atomic E-state index is 0.280. The van der Waals surface area contributed by atoms with Crippen LogP contribution in [0.5, 0.6) is 0 Å². The van der Waals surface area contributed by atoms with Gasteiger partial charge in [0.1, 0.15) is 5.76 Å². The molecule has 51 valence electrons. The zero-order valence-corrected chi connectivity index (χ0v) is 5.33. The van der Waals surface area contributed by atoms with Crippen LogP contribution in [0.4, 0.5) is 0 Å². The van der Waals surface area contributed by atoms with Gasteiger partial charge in [0.15, 0.2) is 5.69 Å². The van der Waals surface area contributed by atoms with Gasteiger partial charge in [-0.3, -0.25) is 4.79 Å². The molecule has 1 aliphatic rings. The molecule has 1 fully saturated rings. The van der Waals surface area contributed by atoms with Crippen LogP contribution in [0.3, 0.4) is 0 Å². The molecular formula is C7H6NO2. The van der Waals surface area contributed by atoms with Crippen molar-refractivity contribution in [2.45, 2.75) is 18.8 Å². The van der Waals surface area contributed by atoms with Gasteiger partial charge in [-0.15, -0.1) is 0 Å². The molecule has 3 heteroatoms. The highest BCUT2D eigenvalue weighted by molar-refractivity contribution is 5.71. The van der Waals surface area contributed by atoms with Crippen molar-refractivity contribution < 1.29 is 9.32 Å². The monoisotopic (exact) mass is 136 g/mol. The van der Waals surface area contributed by atoms with E-state index in [9.17, 15) is 4.79 Å². The van der Waals surface area contributed by atoms with Gasteiger partial charge in [-0.05, 0) is 12.8 Å². The molecule has 0 atom stereocenters. The summed E-state index contributed by atoms with van der Waals surface area (Å²) in [5.74, 6) is 1.35. The van der Waals surface area contributed by atoms with Crippen LogP contribution in [0.1, 0.15) is 30.2 Å². The number of hydrogen-bond donors (Lipinski definition) is 0. The van der Waals surface area contributed by atoms with Crippen molar-refractivity contribution in [3.63, 3.8) is 0 Å². The normalized spacial score (nSPS) is 17.2. The fraction of sp³-hybridized carbons (Fsp3) is 0.429. The van der Waals surface area contributed by atoms with Crippen molar-refractivity contribution >= 4 is 6.29 Å². The van der Waals surface area contributed by atoms with Gasteiger partial charge in [0.05, 0.1) is 0 Å². The van der Waals surface area contributed by atoms with E-state index in [0.29, 0.717) is 5.92 Å². The van der Waals surface area contributed by atoms with Crippen molar-refractivity contribution in [1.82, 2.24) is 5.16 Å². The number of rotatable bonds is 2. The lowest BCUT2D eigenvalue weighted by Gasteiger charge is -1.79. The molecule has 1 aliphatic carbocycles. The first-order valence-corrected chi connectivity index (χ1v) is 3.25. The second kappa shape index (κ2) is 1.94. The second-order valence-corrected chi connectivity index (χ2v) is 2.49. The fourth-order valence-corrected chi connectivity index (χ4v) is 0.898. The summed E-state index contributed by atoms with van der Waals surface area (Å²) >= 11 is 0. The van der Waals surface area contributed by atoms with Crippen molar-refractivity contribution in [1.29, 1.82) is 0 Å². The molecule has 1 heterocycles. The number of nitrogens with zero attached hydrogens (tertiary/aromatic N) is 1. The van der Waals surface area contributed by atoms with Crippen molar-refractivity contribution in [2.75, 3.05) is 0 Å². The molecule has 0 amide bonds. The first-order chi connectivity index (χ1) is 4.90. The summed E-state index contributed by atoms with van der Waals surface area (Å²) in [6.07, 6.45) is 4.00. The Morgan fingerprint density at radius 1 is 1.70 bits per heavy atom. The van der Waals surface area contributed by atoms with E-state index in [1.807, 2.05) is 0 Å². The van der Waals surface area contributed by atoms with Gasteiger partial charge in [-0.2, -0.15) is 0 Å². The number of hydrogen-bond acceptors (Lipinski definition) is 3. The van der Waals surface area contributed by atoms with Crippen LogP contribution in [0.2, 0.25) is 0 Å². The van der Waals surface area contributed by atoms with Crippen LogP contribution in [0, 0.1) is 0 Å². The first-order valence-electron chi connectivity index (χ1n) is 3.25. The van der Waals surface area contributed by atoms with Gasteiger partial charge in [0.2, 0.25) is 0 Å². The van der Waals surface area contributed by atoms with Gasteiger partial charge in [-0.25, -0.2) is 0 Å². The Labute approximate surface area is 58.0 Å². The van der Waals surface area contributed by atoms with Gasteiger partial charge >= 0.3 is 0 Å². The summed E-state index contributed by atoms with van der Waals surface area (Å²) in [5, 5.41) is 3.50. The third kappa shape index (κ3) is 0.835. The van der Waals surface area contributed by atoms with Crippen LogP contribution >= 0.6 is 0 Å². The second-order valence-electron chi connectivity index (χ2n) is 2.49. The fourth-order valence-electron chi connectivity index (χ4n) is 0.898. The summed E-state index contributed by atoms with van der Waals surface area (Å²) in [5.41, 5.74) is 0.280. The maximum atomic E-state index is 10.0. The Morgan fingerprint density at radius 3 is 3.00 bits per heavy atom. The summed E-state index contributed by atoms with van der Waals surface area (Å²) in [4.78, 5) is 10.0. The number of carbonyl (C=O) groups excluding carboxylic acids is 1. The molecule has 0 saturated heterocycles. The number of aromatic nitrogens is 1. The molecule has 0 unspecified atom stereocenters. The van der Waals surface area contributed by atoms with E-state index in [4.69, 9.17) is 4.52 Å². The molecule has 0 N–H and O–H groups in total. The third-order valence-electron chi connectivity index (χ3n) is 1.61. The van der Waals surface area contributed by atoms with Crippen LogP contribution in [-0.4, -0.2) is 11.4 Å². The standard InChI is InChI=1S/C7H6NO2/c9-4-6-3-7(10-8-6)5-1-2-5/h3,5H,1-2H2. The highest BCUT2D eigenvalue weighted by atomic mass is 16.5. The molecule has 0 spiro atoms. The minimum absolute atomic E-state index is 0.280. The minimum Gasteiger partial charge on any atom is -0.360 e. The zero-order chi connectivity index (χ0) is 6.97. The van der Waals surface area contributed by atoms with Crippen LogP contribution in [0.25, 0.3) is 0 Å². The molecular weight excluding hydrogens is 130 g/mol. The van der Waals surface area contributed by atoms with E-state index in [1.54, 1.807) is 12.4 Å². The molecule has 1 aromatic rings. The lowest BCUT2D eigenvalue weighted by Crippen LogP contribution is -1.74. The van der Waals surface area contributed by atoms with Crippen molar-refractivity contribution in [3.8, 4) is 0 Å². The quantitative estimate of drug-likeness (QED) is 0.609. The Bertz CT molecular complexity index is 250.